The Hall–Kier alpha value is -1.19. The Bertz CT molecular complexity index is 478. The molecule has 0 aliphatic heterocycles. The van der Waals surface area contributed by atoms with Crippen LogP contribution in [-0.4, -0.2) is 6.54 Å². The van der Waals surface area contributed by atoms with Crippen molar-refractivity contribution in [3.63, 3.8) is 0 Å². The van der Waals surface area contributed by atoms with Gasteiger partial charge in [-0.1, -0.05) is 19.1 Å². The molecular formula is C13H14FNS. The van der Waals surface area contributed by atoms with Gasteiger partial charge in [0.25, 0.3) is 0 Å². The maximum Gasteiger partial charge on any atom is 0.123 e. The van der Waals surface area contributed by atoms with Crippen LogP contribution in [0.4, 0.5) is 4.39 Å². The first-order valence-electron chi connectivity index (χ1n) is 5.25. The maximum absolute atomic E-state index is 13.1. The molecule has 1 nitrogen and oxygen atoms in total. The molecule has 2 N–H and O–H groups in total. The number of rotatable bonds is 3. The van der Waals surface area contributed by atoms with E-state index in [0.29, 0.717) is 12.5 Å². The van der Waals surface area contributed by atoms with E-state index in [4.69, 9.17) is 5.73 Å². The van der Waals surface area contributed by atoms with Crippen LogP contribution in [0.3, 0.4) is 0 Å². The number of benzene rings is 1. The van der Waals surface area contributed by atoms with Gasteiger partial charge < -0.3 is 5.73 Å². The zero-order valence-electron chi connectivity index (χ0n) is 9.11. The number of nitrogens with two attached hydrogens (primary N) is 1. The van der Waals surface area contributed by atoms with Crippen LogP contribution in [-0.2, 0) is 0 Å². The van der Waals surface area contributed by atoms with Gasteiger partial charge in [-0.15, -0.1) is 11.3 Å². The molecule has 0 aliphatic carbocycles. The van der Waals surface area contributed by atoms with Gasteiger partial charge in [-0.2, -0.15) is 0 Å². The molecule has 1 heterocycles. The minimum Gasteiger partial charge on any atom is -0.330 e. The molecule has 0 amide bonds. The van der Waals surface area contributed by atoms with Crippen LogP contribution >= 0.6 is 11.3 Å². The standard InChI is InChI=1S/C13H14FNS/c1-9(7-15)11-6-13(16-8-11)10-3-2-4-12(14)5-10/h2-6,8-9H,7,15H2,1H3. The van der Waals surface area contributed by atoms with Gasteiger partial charge in [0.1, 0.15) is 5.82 Å². The Morgan fingerprint density at radius 1 is 1.38 bits per heavy atom. The summed E-state index contributed by atoms with van der Waals surface area (Å²) < 4.78 is 13.1. The highest BCUT2D eigenvalue weighted by atomic mass is 32.1. The van der Waals surface area contributed by atoms with Gasteiger partial charge in [0.2, 0.25) is 0 Å². The quantitative estimate of drug-likeness (QED) is 0.864. The summed E-state index contributed by atoms with van der Waals surface area (Å²) >= 11 is 1.63. The van der Waals surface area contributed by atoms with E-state index in [1.54, 1.807) is 23.5 Å². The first-order valence-corrected chi connectivity index (χ1v) is 6.13. The minimum atomic E-state index is -0.195. The predicted octanol–water partition coefficient (Wildman–Crippen LogP) is 3.62. The molecule has 0 fully saturated rings. The van der Waals surface area contributed by atoms with Crippen LogP contribution in [0.1, 0.15) is 18.4 Å². The lowest BCUT2D eigenvalue weighted by molar-refractivity contribution is 0.628. The summed E-state index contributed by atoms with van der Waals surface area (Å²) in [5.41, 5.74) is 7.78. The van der Waals surface area contributed by atoms with E-state index in [2.05, 4.69) is 18.4 Å². The van der Waals surface area contributed by atoms with Gasteiger partial charge >= 0.3 is 0 Å². The van der Waals surface area contributed by atoms with Gasteiger partial charge in [-0.3, -0.25) is 0 Å². The fraction of sp³-hybridized carbons (Fsp3) is 0.231. The molecule has 1 unspecified atom stereocenters. The lowest BCUT2D eigenvalue weighted by Crippen LogP contribution is -2.07. The van der Waals surface area contributed by atoms with Crippen molar-refractivity contribution in [3.05, 3.63) is 47.1 Å². The molecule has 1 atom stereocenters. The third kappa shape index (κ3) is 2.31. The summed E-state index contributed by atoms with van der Waals surface area (Å²) in [7, 11) is 0. The second-order valence-electron chi connectivity index (χ2n) is 3.89. The summed E-state index contributed by atoms with van der Waals surface area (Å²) in [6.07, 6.45) is 0. The summed E-state index contributed by atoms with van der Waals surface area (Å²) in [6, 6.07) is 8.77. The highest BCUT2D eigenvalue weighted by molar-refractivity contribution is 7.13. The second-order valence-corrected chi connectivity index (χ2v) is 4.80. The molecule has 2 aromatic rings. The zero-order valence-corrected chi connectivity index (χ0v) is 9.93. The topological polar surface area (TPSA) is 26.0 Å². The Balaban J connectivity index is 2.31. The molecular weight excluding hydrogens is 221 g/mol. The van der Waals surface area contributed by atoms with E-state index in [1.165, 1.54) is 11.6 Å². The summed E-state index contributed by atoms with van der Waals surface area (Å²) in [5, 5.41) is 2.10. The molecule has 0 saturated carbocycles. The van der Waals surface area contributed by atoms with Gasteiger partial charge in [-0.25, -0.2) is 4.39 Å². The largest absolute Gasteiger partial charge is 0.330 e. The molecule has 84 valence electrons. The molecule has 1 aromatic carbocycles. The smallest absolute Gasteiger partial charge is 0.123 e. The minimum absolute atomic E-state index is 0.195. The molecule has 0 aliphatic rings. The van der Waals surface area contributed by atoms with E-state index >= 15 is 0 Å². The maximum atomic E-state index is 13.1. The third-order valence-corrected chi connectivity index (χ3v) is 3.65. The van der Waals surface area contributed by atoms with Crippen molar-refractivity contribution in [3.8, 4) is 10.4 Å². The molecule has 1 aromatic heterocycles. The van der Waals surface area contributed by atoms with E-state index in [0.717, 1.165) is 10.4 Å². The Morgan fingerprint density at radius 2 is 2.19 bits per heavy atom. The second kappa shape index (κ2) is 4.76. The lowest BCUT2D eigenvalue weighted by atomic mass is 10.0. The number of hydrogen-bond acceptors (Lipinski definition) is 2. The lowest BCUT2D eigenvalue weighted by Gasteiger charge is -2.03. The van der Waals surface area contributed by atoms with E-state index in [9.17, 15) is 4.39 Å². The molecule has 3 heteroatoms. The van der Waals surface area contributed by atoms with Crippen molar-refractivity contribution in [2.24, 2.45) is 5.73 Å². The Morgan fingerprint density at radius 3 is 2.88 bits per heavy atom. The van der Waals surface area contributed by atoms with Crippen LogP contribution in [0.15, 0.2) is 35.7 Å². The van der Waals surface area contributed by atoms with Crippen molar-refractivity contribution in [1.29, 1.82) is 0 Å². The highest BCUT2D eigenvalue weighted by Crippen LogP contribution is 2.30. The Kier molecular flexibility index (Phi) is 3.36. The van der Waals surface area contributed by atoms with Crippen LogP contribution in [0.25, 0.3) is 10.4 Å². The normalized spacial score (nSPS) is 12.7. The molecule has 2 rings (SSSR count). The predicted molar refractivity (Wildman–Crippen MR) is 67.2 cm³/mol. The van der Waals surface area contributed by atoms with Crippen molar-refractivity contribution in [1.82, 2.24) is 0 Å². The Labute approximate surface area is 98.7 Å². The average molecular weight is 235 g/mol. The number of thiophene rings is 1. The summed E-state index contributed by atoms with van der Waals surface area (Å²) in [5.74, 6) is 0.165. The van der Waals surface area contributed by atoms with Gasteiger partial charge in [0, 0.05) is 4.88 Å². The molecule has 0 saturated heterocycles. The van der Waals surface area contributed by atoms with Crippen LogP contribution in [0, 0.1) is 5.82 Å². The first-order chi connectivity index (χ1) is 7.70. The van der Waals surface area contributed by atoms with E-state index in [-0.39, 0.29) is 5.82 Å². The SMILES string of the molecule is CC(CN)c1csc(-c2cccc(F)c2)c1. The fourth-order valence-corrected chi connectivity index (χ4v) is 2.57. The van der Waals surface area contributed by atoms with E-state index in [1.807, 2.05) is 6.07 Å². The molecule has 0 radical (unpaired) electrons. The summed E-state index contributed by atoms with van der Waals surface area (Å²) in [4.78, 5) is 1.09. The van der Waals surface area contributed by atoms with Gasteiger partial charge in [0.05, 0.1) is 0 Å². The van der Waals surface area contributed by atoms with Crippen LogP contribution < -0.4 is 5.73 Å². The summed E-state index contributed by atoms with van der Waals surface area (Å²) in [6.45, 7) is 2.73. The average Bonchev–Trinajstić information content (AvgIpc) is 2.77. The van der Waals surface area contributed by atoms with Crippen LogP contribution in [0.2, 0.25) is 0 Å². The van der Waals surface area contributed by atoms with E-state index < -0.39 is 0 Å². The first kappa shape index (κ1) is 11.3. The molecule has 16 heavy (non-hydrogen) atoms. The highest BCUT2D eigenvalue weighted by Gasteiger charge is 2.08. The monoisotopic (exact) mass is 235 g/mol. The van der Waals surface area contributed by atoms with Crippen molar-refractivity contribution < 1.29 is 4.39 Å². The number of halogens is 1. The van der Waals surface area contributed by atoms with Crippen molar-refractivity contribution >= 4 is 11.3 Å². The fourth-order valence-electron chi connectivity index (χ4n) is 1.54. The van der Waals surface area contributed by atoms with Gasteiger partial charge in [-0.05, 0) is 47.2 Å². The van der Waals surface area contributed by atoms with Gasteiger partial charge in [0.15, 0.2) is 0 Å². The van der Waals surface area contributed by atoms with Crippen molar-refractivity contribution in [2.45, 2.75) is 12.8 Å². The molecule has 0 spiro atoms. The van der Waals surface area contributed by atoms with Crippen LogP contribution in [0.5, 0.6) is 0 Å². The van der Waals surface area contributed by atoms with Crippen molar-refractivity contribution in [2.75, 3.05) is 6.54 Å². The molecule has 0 bridgehead atoms. The number of hydrogen-bond donors (Lipinski definition) is 1. The zero-order chi connectivity index (χ0) is 11.5. The third-order valence-electron chi connectivity index (χ3n) is 2.65.